The van der Waals surface area contributed by atoms with Crippen LogP contribution in [0.4, 0.5) is 4.79 Å². The molecule has 1 aromatic rings. The maximum Gasteiger partial charge on any atom is 0.339 e. The van der Waals surface area contributed by atoms with Gasteiger partial charge in [-0.2, -0.15) is 0 Å². The summed E-state index contributed by atoms with van der Waals surface area (Å²) >= 11 is 0. The number of nitrogens with zero attached hydrogens (tertiary/aromatic N) is 3. The molecule has 0 radical (unpaired) electrons. The predicted octanol–water partition coefficient (Wildman–Crippen LogP) is 1.05. The molecule has 0 atom stereocenters. The highest BCUT2D eigenvalue weighted by Gasteiger charge is 2.54. The number of methoxy groups -OCH3 is 1. The number of pyridine rings is 1. The number of carbonyl (C=O) groups is 4. The number of amides is 4. The number of urea groups is 1. The van der Waals surface area contributed by atoms with Crippen LogP contribution in [0.1, 0.15) is 47.4 Å². The second kappa shape index (κ2) is 7.57. The van der Waals surface area contributed by atoms with Crippen molar-refractivity contribution in [3.63, 3.8) is 0 Å². The average molecular weight is 388 g/mol. The van der Waals surface area contributed by atoms with Crippen LogP contribution in [0.25, 0.3) is 0 Å². The molecule has 4 amide bonds. The molecule has 9 heteroatoms. The standard InChI is InChI=1S/C19H24N4O5/c1-12(2)11-23-18(27)21-17(26)19(23)4-6-22(7-5-19)15(24)13-8-14(10-20-9-13)16(25)28-3/h8-10,12H,4-7,11H2,1-3H3,(H,21,26,27). The minimum atomic E-state index is -0.899. The zero-order valence-electron chi connectivity index (χ0n) is 16.2. The first-order chi connectivity index (χ1) is 13.3. The fourth-order valence-corrected chi connectivity index (χ4v) is 3.77. The Hall–Kier alpha value is -2.97. The molecule has 3 rings (SSSR count). The molecule has 2 aliphatic heterocycles. The van der Waals surface area contributed by atoms with Gasteiger partial charge in [0, 0.05) is 32.0 Å². The third kappa shape index (κ3) is 3.44. The Labute approximate surface area is 163 Å². The van der Waals surface area contributed by atoms with Crippen LogP contribution in [0, 0.1) is 5.92 Å². The topological polar surface area (TPSA) is 109 Å². The molecule has 2 fully saturated rings. The lowest BCUT2D eigenvalue weighted by Gasteiger charge is -2.42. The summed E-state index contributed by atoms with van der Waals surface area (Å²) in [5.74, 6) is -0.904. The van der Waals surface area contributed by atoms with Crippen LogP contribution in [-0.4, -0.2) is 70.9 Å². The summed E-state index contributed by atoms with van der Waals surface area (Å²) in [6.07, 6.45) is 3.47. The van der Waals surface area contributed by atoms with E-state index in [9.17, 15) is 19.2 Å². The number of nitrogens with one attached hydrogen (secondary N) is 1. The van der Waals surface area contributed by atoms with E-state index in [4.69, 9.17) is 0 Å². The quantitative estimate of drug-likeness (QED) is 0.610. The highest BCUT2D eigenvalue weighted by Crippen LogP contribution is 2.34. The SMILES string of the molecule is COC(=O)c1cncc(C(=O)N2CCC3(CC2)C(=O)NC(=O)N3CC(C)C)c1. The number of carbonyl (C=O) groups excluding carboxylic acids is 4. The lowest BCUT2D eigenvalue weighted by Crippen LogP contribution is -2.58. The van der Waals surface area contributed by atoms with E-state index in [1.54, 1.807) is 9.80 Å². The normalized spacial score (nSPS) is 18.6. The van der Waals surface area contributed by atoms with Crippen molar-refractivity contribution in [1.82, 2.24) is 20.1 Å². The summed E-state index contributed by atoms with van der Waals surface area (Å²) < 4.78 is 4.66. The molecule has 0 unspecified atom stereocenters. The maximum absolute atomic E-state index is 12.8. The van der Waals surface area contributed by atoms with Crippen LogP contribution in [0.3, 0.4) is 0 Å². The van der Waals surface area contributed by atoms with Gasteiger partial charge in [-0.25, -0.2) is 9.59 Å². The molecule has 2 saturated heterocycles. The van der Waals surface area contributed by atoms with Crippen LogP contribution in [0.2, 0.25) is 0 Å². The van der Waals surface area contributed by atoms with Crippen molar-refractivity contribution in [1.29, 1.82) is 0 Å². The Bertz CT molecular complexity index is 814. The molecule has 0 aromatic carbocycles. The number of hydrogen-bond acceptors (Lipinski definition) is 6. The highest BCUT2D eigenvalue weighted by molar-refractivity contribution is 6.07. The largest absolute Gasteiger partial charge is 0.465 e. The Morgan fingerprint density at radius 1 is 1.21 bits per heavy atom. The van der Waals surface area contributed by atoms with Crippen molar-refractivity contribution in [2.24, 2.45) is 5.92 Å². The van der Waals surface area contributed by atoms with Crippen LogP contribution < -0.4 is 5.32 Å². The van der Waals surface area contributed by atoms with Gasteiger partial charge < -0.3 is 14.5 Å². The molecule has 2 aliphatic rings. The van der Waals surface area contributed by atoms with Gasteiger partial charge in [0.15, 0.2) is 0 Å². The van der Waals surface area contributed by atoms with Crippen LogP contribution in [0.5, 0.6) is 0 Å². The van der Waals surface area contributed by atoms with Gasteiger partial charge in [-0.15, -0.1) is 0 Å². The number of aromatic nitrogens is 1. The van der Waals surface area contributed by atoms with E-state index >= 15 is 0 Å². The lowest BCUT2D eigenvalue weighted by atomic mass is 9.85. The Morgan fingerprint density at radius 2 is 1.86 bits per heavy atom. The lowest BCUT2D eigenvalue weighted by molar-refractivity contribution is -0.129. The number of rotatable bonds is 4. The Morgan fingerprint density at radius 3 is 2.46 bits per heavy atom. The van der Waals surface area contributed by atoms with E-state index in [1.807, 2.05) is 13.8 Å². The third-order valence-electron chi connectivity index (χ3n) is 5.24. The molecule has 150 valence electrons. The minimum absolute atomic E-state index is 0.200. The first-order valence-electron chi connectivity index (χ1n) is 9.24. The minimum Gasteiger partial charge on any atom is -0.465 e. The van der Waals surface area contributed by atoms with Gasteiger partial charge in [-0.1, -0.05) is 13.8 Å². The number of hydrogen-bond donors (Lipinski definition) is 1. The summed E-state index contributed by atoms with van der Waals surface area (Å²) in [5, 5.41) is 2.42. The number of ether oxygens (including phenoxy) is 1. The number of likely N-dealkylation sites (tertiary alicyclic amines) is 1. The van der Waals surface area contributed by atoms with Crippen molar-refractivity contribution in [3.05, 3.63) is 29.6 Å². The summed E-state index contributed by atoms with van der Waals surface area (Å²) in [4.78, 5) is 56.4. The van der Waals surface area contributed by atoms with E-state index in [2.05, 4.69) is 15.0 Å². The smallest absolute Gasteiger partial charge is 0.339 e. The van der Waals surface area contributed by atoms with E-state index in [1.165, 1.54) is 25.6 Å². The predicted molar refractivity (Wildman–Crippen MR) is 98.5 cm³/mol. The molecule has 1 aromatic heterocycles. The molecular formula is C19H24N4O5. The molecule has 0 aliphatic carbocycles. The molecular weight excluding hydrogens is 364 g/mol. The molecule has 0 bridgehead atoms. The van der Waals surface area contributed by atoms with Gasteiger partial charge in [-0.05, 0) is 24.8 Å². The van der Waals surface area contributed by atoms with Gasteiger partial charge in [0.25, 0.3) is 11.8 Å². The van der Waals surface area contributed by atoms with Gasteiger partial charge in [0.05, 0.1) is 18.2 Å². The number of esters is 1. The second-order valence-electron chi connectivity index (χ2n) is 7.54. The second-order valence-corrected chi connectivity index (χ2v) is 7.54. The van der Waals surface area contributed by atoms with Crippen molar-refractivity contribution >= 4 is 23.8 Å². The first-order valence-corrected chi connectivity index (χ1v) is 9.24. The van der Waals surface area contributed by atoms with Gasteiger partial charge in [0.2, 0.25) is 0 Å². The molecule has 1 spiro atoms. The summed E-state index contributed by atoms with van der Waals surface area (Å²) in [7, 11) is 1.26. The van der Waals surface area contributed by atoms with E-state index in [0.717, 1.165) is 0 Å². The van der Waals surface area contributed by atoms with Gasteiger partial charge in [0.1, 0.15) is 5.54 Å². The van der Waals surface area contributed by atoms with E-state index < -0.39 is 11.5 Å². The zero-order valence-corrected chi connectivity index (χ0v) is 16.2. The van der Waals surface area contributed by atoms with Crippen LogP contribution in [-0.2, 0) is 9.53 Å². The van der Waals surface area contributed by atoms with Crippen molar-refractivity contribution in [3.8, 4) is 0 Å². The fourth-order valence-electron chi connectivity index (χ4n) is 3.77. The summed E-state index contributed by atoms with van der Waals surface area (Å²) in [6.45, 7) is 5.12. The highest BCUT2D eigenvalue weighted by atomic mass is 16.5. The van der Waals surface area contributed by atoms with Crippen LogP contribution in [0.15, 0.2) is 18.5 Å². The van der Waals surface area contributed by atoms with Gasteiger partial charge >= 0.3 is 12.0 Å². The molecule has 0 saturated carbocycles. The van der Waals surface area contributed by atoms with E-state index in [0.29, 0.717) is 32.5 Å². The van der Waals surface area contributed by atoms with Crippen molar-refractivity contribution in [2.75, 3.05) is 26.7 Å². The van der Waals surface area contributed by atoms with Crippen LogP contribution >= 0.6 is 0 Å². The van der Waals surface area contributed by atoms with Crippen molar-refractivity contribution < 1.29 is 23.9 Å². The van der Waals surface area contributed by atoms with Gasteiger partial charge in [-0.3, -0.25) is 19.9 Å². The molecule has 1 N–H and O–H groups in total. The maximum atomic E-state index is 12.8. The molecule has 9 nitrogen and oxygen atoms in total. The fraction of sp³-hybridized carbons (Fsp3) is 0.526. The zero-order chi connectivity index (χ0) is 20.5. The third-order valence-corrected chi connectivity index (χ3v) is 5.24. The Balaban J connectivity index is 1.74. The monoisotopic (exact) mass is 388 g/mol. The van der Waals surface area contributed by atoms with Crippen molar-refractivity contribution in [2.45, 2.75) is 32.2 Å². The summed E-state index contributed by atoms with van der Waals surface area (Å²) in [6, 6.07) is 1.08. The molecule has 28 heavy (non-hydrogen) atoms. The number of piperidine rings is 1. The number of imide groups is 1. The summed E-state index contributed by atoms with van der Waals surface area (Å²) in [5.41, 5.74) is -0.417. The Kier molecular flexibility index (Phi) is 5.35. The average Bonchev–Trinajstić information content (AvgIpc) is 2.91. The van der Waals surface area contributed by atoms with E-state index in [-0.39, 0.29) is 34.9 Å². The molecule has 3 heterocycles. The first kappa shape index (κ1) is 19.8.